The van der Waals surface area contributed by atoms with Crippen molar-refractivity contribution in [2.45, 2.75) is 31.6 Å². The van der Waals surface area contributed by atoms with E-state index in [2.05, 4.69) is 24.5 Å². The average molecular weight is 296 g/mol. The fraction of sp³-hybridized carbons (Fsp3) is 0.533. The van der Waals surface area contributed by atoms with Crippen LogP contribution in [0, 0.1) is 0 Å². The van der Waals surface area contributed by atoms with Crippen LogP contribution in [0.25, 0.3) is 0 Å². The van der Waals surface area contributed by atoms with Gasteiger partial charge in [-0.2, -0.15) is 11.8 Å². The molecule has 1 rings (SSSR count). The molecule has 0 bridgehead atoms. The summed E-state index contributed by atoms with van der Waals surface area (Å²) < 4.78 is 5.30. The van der Waals surface area contributed by atoms with Crippen LogP contribution in [0.4, 0.5) is 10.5 Å². The van der Waals surface area contributed by atoms with Crippen molar-refractivity contribution in [2.24, 2.45) is 0 Å². The van der Waals surface area contributed by atoms with Crippen molar-refractivity contribution >= 4 is 23.5 Å². The molecule has 5 heteroatoms. The first kappa shape index (κ1) is 16.9. The highest BCUT2D eigenvalue weighted by Crippen LogP contribution is 2.21. The van der Waals surface area contributed by atoms with E-state index in [1.165, 1.54) is 0 Å². The standard InChI is InChI=1S/C15H24N2O2S/c1-11(19-4)12-7-6-8-13(9-12)17-14(18)16-10-15(2,3)20-5/h6-9,11H,10H2,1-5H3,(H2,16,17,18)/t11-/m0/s1. The molecule has 0 aliphatic heterocycles. The second-order valence-electron chi connectivity index (χ2n) is 5.27. The van der Waals surface area contributed by atoms with Crippen molar-refractivity contribution in [3.05, 3.63) is 29.8 Å². The minimum absolute atomic E-state index is 0.00948. The number of anilines is 1. The SMILES string of the molecule is CO[C@@H](C)c1cccc(NC(=O)NCC(C)(C)SC)c1. The molecule has 0 spiro atoms. The Hall–Kier alpha value is -1.20. The van der Waals surface area contributed by atoms with Crippen LogP contribution in [-0.2, 0) is 4.74 Å². The van der Waals surface area contributed by atoms with Crippen LogP contribution in [0.15, 0.2) is 24.3 Å². The van der Waals surface area contributed by atoms with Gasteiger partial charge in [0, 0.05) is 24.1 Å². The lowest BCUT2D eigenvalue weighted by molar-refractivity contribution is 0.119. The summed E-state index contributed by atoms with van der Waals surface area (Å²) >= 11 is 1.73. The molecule has 0 aliphatic rings. The number of amides is 2. The van der Waals surface area contributed by atoms with Crippen molar-refractivity contribution in [3.8, 4) is 0 Å². The van der Waals surface area contributed by atoms with Gasteiger partial charge >= 0.3 is 6.03 Å². The molecule has 112 valence electrons. The third-order valence-corrected chi connectivity index (χ3v) is 4.44. The Balaban J connectivity index is 2.58. The Labute approximate surface area is 125 Å². The van der Waals surface area contributed by atoms with Crippen LogP contribution in [0.3, 0.4) is 0 Å². The van der Waals surface area contributed by atoms with Gasteiger partial charge < -0.3 is 15.4 Å². The van der Waals surface area contributed by atoms with Crippen molar-refractivity contribution < 1.29 is 9.53 Å². The number of hydrogen-bond donors (Lipinski definition) is 2. The van der Waals surface area contributed by atoms with E-state index in [1.807, 2.05) is 37.4 Å². The largest absolute Gasteiger partial charge is 0.377 e. The van der Waals surface area contributed by atoms with Crippen molar-refractivity contribution in [1.82, 2.24) is 5.32 Å². The highest BCUT2D eigenvalue weighted by Gasteiger charge is 2.16. The zero-order chi connectivity index (χ0) is 15.2. The van der Waals surface area contributed by atoms with Crippen LogP contribution >= 0.6 is 11.8 Å². The molecule has 2 amide bonds. The van der Waals surface area contributed by atoms with E-state index in [1.54, 1.807) is 18.9 Å². The number of methoxy groups -OCH3 is 1. The van der Waals surface area contributed by atoms with Crippen molar-refractivity contribution in [1.29, 1.82) is 0 Å². The van der Waals surface area contributed by atoms with E-state index in [-0.39, 0.29) is 16.9 Å². The van der Waals surface area contributed by atoms with Crippen LogP contribution in [-0.4, -0.2) is 30.7 Å². The Morgan fingerprint density at radius 2 is 2.15 bits per heavy atom. The monoisotopic (exact) mass is 296 g/mol. The number of nitrogens with one attached hydrogen (secondary N) is 2. The van der Waals surface area contributed by atoms with Crippen LogP contribution in [0.1, 0.15) is 32.4 Å². The van der Waals surface area contributed by atoms with Gasteiger partial charge in [0.1, 0.15) is 0 Å². The predicted molar refractivity (Wildman–Crippen MR) is 86.5 cm³/mol. The van der Waals surface area contributed by atoms with Gasteiger partial charge in [0.2, 0.25) is 0 Å². The fourth-order valence-corrected chi connectivity index (χ4v) is 1.76. The van der Waals surface area contributed by atoms with Crippen LogP contribution < -0.4 is 10.6 Å². The van der Waals surface area contributed by atoms with E-state index in [4.69, 9.17) is 4.74 Å². The lowest BCUT2D eigenvalue weighted by atomic mass is 10.1. The lowest BCUT2D eigenvalue weighted by Gasteiger charge is -2.22. The number of rotatable bonds is 6. The molecule has 0 saturated carbocycles. The summed E-state index contributed by atoms with van der Waals surface area (Å²) in [5.41, 5.74) is 1.81. The molecule has 4 nitrogen and oxygen atoms in total. The van der Waals surface area contributed by atoms with Crippen molar-refractivity contribution in [2.75, 3.05) is 25.2 Å². The molecule has 0 heterocycles. The van der Waals surface area contributed by atoms with Gasteiger partial charge in [-0.3, -0.25) is 0 Å². The Bertz CT molecular complexity index is 449. The number of benzene rings is 1. The van der Waals surface area contributed by atoms with Gasteiger partial charge in [0.25, 0.3) is 0 Å². The zero-order valence-corrected chi connectivity index (χ0v) is 13.6. The molecule has 0 saturated heterocycles. The van der Waals surface area contributed by atoms with Gasteiger partial charge in [-0.05, 0) is 44.7 Å². The van der Waals surface area contributed by atoms with E-state index >= 15 is 0 Å². The third kappa shape index (κ3) is 5.43. The summed E-state index contributed by atoms with van der Waals surface area (Å²) in [6.07, 6.45) is 2.05. The number of urea groups is 1. The molecule has 0 aliphatic carbocycles. The van der Waals surface area contributed by atoms with Gasteiger partial charge in [0.15, 0.2) is 0 Å². The second kappa shape index (κ2) is 7.55. The molecule has 0 aromatic heterocycles. The first-order chi connectivity index (χ1) is 9.38. The van der Waals surface area contributed by atoms with E-state index in [9.17, 15) is 4.79 Å². The zero-order valence-electron chi connectivity index (χ0n) is 12.8. The molecule has 1 aromatic rings. The summed E-state index contributed by atoms with van der Waals surface area (Å²) in [6.45, 7) is 6.78. The van der Waals surface area contributed by atoms with E-state index in [0.29, 0.717) is 6.54 Å². The number of carbonyl (C=O) groups is 1. The van der Waals surface area contributed by atoms with Gasteiger partial charge in [0.05, 0.1) is 6.10 Å². The molecular formula is C15H24N2O2S. The quantitative estimate of drug-likeness (QED) is 0.842. The second-order valence-corrected chi connectivity index (χ2v) is 6.79. The number of hydrogen-bond acceptors (Lipinski definition) is 3. The lowest BCUT2D eigenvalue weighted by Crippen LogP contribution is -2.38. The highest BCUT2D eigenvalue weighted by molar-refractivity contribution is 7.99. The minimum Gasteiger partial charge on any atom is -0.377 e. The first-order valence-corrected chi connectivity index (χ1v) is 7.83. The van der Waals surface area contributed by atoms with E-state index in [0.717, 1.165) is 11.3 Å². The molecule has 20 heavy (non-hydrogen) atoms. The average Bonchev–Trinajstić information content (AvgIpc) is 2.44. The molecule has 1 atom stereocenters. The fourth-order valence-electron chi connectivity index (χ4n) is 1.55. The smallest absolute Gasteiger partial charge is 0.319 e. The third-order valence-electron chi connectivity index (χ3n) is 3.19. The molecule has 0 fully saturated rings. The Kier molecular flexibility index (Phi) is 6.36. The van der Waals surface area contributed by atoms with Crippen LogP contribution in [0.2, 0.25) is 0 Å². The normalized spacial score (nSPS) is 12.8. The molecular weight excluding hydrogens is 272 g/mol. The maximum absolute atomic E-state index is 11.9. The van der Waals surface area contributed by atoms with Crippen LogP contribution in [0.5, 0.6) is 0 Å². The first-order valence-electron chi connectivity index (χ1n) is 6.60. The summed E-state index contributed by atoms with van der Waals surface area (Å²) in [7, 11) is 1.67. The summed E-state index contributed by atoms with van der Waals surface area (Å²) in [6, 6.07) is 7.49. The topological polar surface area (TPSA) is 50.4 Å². The van der Waals surface area contributed by atoms with Gasteiger partial charge in [-0.1, -0.05) is 12.1 Å². The molecule has 0 radical (unpaired) electrons. The summed E-state index contributed by atoms with van der Waals surface area (Å²) in [5.74, 6) is 0. The number of ether oxygens (including phenoxy) is 1. The Morgan fingerprint density at radius 1 is 1.45 bits per heavy atom. The minimum atomic E-state index is -0.186. The Morgan fingerprint density at radius 3 is 2.75 bits per heavy atom. The van der Waals surface area contributed by atoms with Crippen molar-refractivity contribution in [3.63, 3.8) is 0 Å². The molecule has 0 unspecified atom stereocenters. The summed E-state index contributed by atoms with van der Waals surface area (Å²) in [5, 5.41) is 5.73. The number of carbonyl (C=O) groups excluding carboxylic acids is 1. The molecule has 2 N–H and O–H groups in total. The highest BCUT2D eigenvalue weighted by atomic mass is 32.2. The molecule has 1 aromatic carbocycles. The van der Waals surface area contributed by atoms with E-state index < -0.39 is 0 Å². The predicted octanol–water partition coefficient (Wildman–Crippen LogP) is 3.66. The van der Waals surface area contributed by atoms with Gasteiger partial charge in [-0.15, -0.1) is 0 Å². The maximum atomic E-state index is 11.9. The summed E-state index contributed by atoms with van der Waals surface area (Å²) in [4.78, 5) is 11.9. The maximum Gasteiger partial charge on any atom is 0.319 e. The number of thioether (sulfide) groups is 1. The van der Waals surface area contributed by atoms with Gasteiger partial charge in [-0.25, -0.2) is 4.79 Å².